The lowest BCUT2D eigenvalue weighted by atomic mass is 9.84. The van der Waals surface area contributed by atoms with Gasteiger partial charge in [-0.15, -0.1) is 0 Å². The number of pyridine rings is 1. The van der Waals surface area contributed by atoms with E-state index in [1.54, 1.807) is 6.20 Å². The third-order valence-electron chi connectivity index (χ3n) is 5.21. The zero-order valence-corrected chi connectivity index (χ0v) is 15.9. The van der Waals surface area contributed by atoms with Crippen LogP contribution in [0.2, 0.25) is 0 Å². The van der Waals surface area contributed by atoms with E-state index in [9.17, 15) is 0 Å². The summed E-state index contributed by atoms with van der Waals surface area (Å²) in [5.41, 5.74) is 4.47. The molecular weight excluding hydrogens is 376 g/mol. The van der Waals surface area contributed by atoms with Crippen molar-refractivity contribution in [3.05, 3.63) is 46.5 Å². The smallest absolute Gasteiger partial charge is 0.0816 e. The maximum atomic E-state index is 4.89. The topological polar surface area (TPSA) is 49.6 Å². The molecule has 0 bridgehead atoms. The highest BCUT2D eigenvalue weighted by Gasteiger charge is 2.30. The quantitative estimate of drug-likeness (QED) is 0.785. The molecule has 1 aromatic heterocycles. The third-order valence-corrected chi connectivity index (χ3v) is 5.84. The van der Waals surface area contributed by atoms with E-state index in [0.717, 1.165) is 34.8 Å². The Bertz CT molecular complexity index is 742. The molecule has 0 amide bonds. The van der Waals surface area contributed by atoms with Gasteiger partial charge in [-0.2, -0.15) is 0 Å². The summed E-state index contributed by atoms with van der Waals surface area (Å²) in [5, 5.41) is 3.67. The Kier molecular flexibility index (Phi) is 5.11. The van der Waals surface area contributed by atoms with Crippen molar-refractivity contribution in [2.24, 2.45) is 21.8 Å². The van der Waals surface area contributed by atoms with Crippen LogP contribution in [0.5, 0.6) is 0 Å². The Morgan fingerprint density at radius 1 is 1.24 bits per heavy atom. The molecule has 0 spiro atoms. The second kappa shape index (κ2) is 7.65. The van der Waals surface area contributed by atoms with E-state index in [2.05, 4.69) is 37.3 Å². The molecule has 1 N–H and O–H groups in total. The monoisotopic (exact) mass is 398 g/mol. The summed E-state index contributed by atoms with van der Waals surface area (Å²) in [6.45, 7) is 0.740. The first-order valence-corrected chi connectivity index (χ1v) is 9.94. The number of nitrogens with zero attached hydrogens (tertiary/aromatic N) is 3. The normalized spacial score (nSPS) is 25.6. The van der Waals surface area contributed by atoms with E-state index < -0.39 is 0 Å². The molecular formula is C20H23BrN4. The fraction of sp³-hybridized carbons (Fsp3) is 0.450. The van der Waals surface area contributed by atoms with Crippen LogP contribution in [0.15, 0.2) is 56.5 Å². The highest BCUT2D eigenvalue weighted by molar-refractivity contribution is 9.12. The molecule has 1 atom stereocenters. The van der Waals surface area contributed by atoms with Gasteiger partial charge in [-0.05, 0) is 46.5 Å². The summed E-state index contributed by atoms with van der Waals surface area (Å²) < 4.78 is 1.04. The predicted octanol–water partition coefficient (Wildman–Crippen LogP) is 4.92. The standard InChI is InChI=1S/C20H23BrN4/c21-18-13-23-12-17-19(24-15-7-4-8-22-11-15)10-16(25-20(17)18)9-14-5-2-1-3-6-14/h4,7-8,10-11,13-14,17,25H,1-3,5-6,9,12H2. The molecule has 3 heterocycles. The lowest BCUT2D eigenvalue weighted by molar-refractivity contribution is 0.351. The average Bonchev–Trinajstić information content (AvgIpc) is 2.64. The first-order chi connectivity index (χ1) is 12.3. The molecule has 0 radical (unpaired) electrons. The number of fused-ring (bicyclic) bond motifs is 1. The minimum absolute atomic E-state index is 0.190. The fourth-order valence-corrected chi connectivity index (χ4v) is 4.45. The first-order valence-electron chi connectivity index (χ1n) is 9.15. The number of aliphatic imine (C=N–C) groups is 2. The van der Waals surface area contributed by atoms with Crippen LogP contribution in [0.4, 0.5) is 5.69 Å². The largest absolute Gasteiger partial charge is 0.361 e. The van der Waals surface area contributed by atoms with E-state index in [1.807, 2.05) is 24.5 Å². The summed E-state index contributed by atoms with van der Waals surface area (Å²) >= 11 is 3.67. The summed E-state index contributed by atoms with van der Waals surface area (Å²) in [4.78, 5) is 13.6. The van der Waals surface area contributed by atoms with E-state index in [4.69, 9.17) is 4.99 Å². The number of hydrogen-bond acceptors (Lipinski definition) is 4. The summed E-state index contributed by atoms with van der Waals surface area (Å²) in [7, 11) is 0. The van der Waals surface area contributed by atoms with Crippen molar-refractivity contribution in [1.29, 1.82) is 0 Å². The average molecular weight is 399 g/mol. The molecule has 4 nitrogen and oxygen atoms in total. The van der Waals surface area contributed by atoms with E-state index in [1.165, 1.54) is 43.5 Å². The van der Waals surface area contributed by atoms with Gasteiger partial charge in [0.1, 0.15) is 0 Å². The minimum atomic E-state index is 0.190. The molecule has 5 heteroatoms. The lowest BCUT2D eigenvalue weighted by Crippen LogP contribution is -2.36. The Balaban J connectivity index is 1.65. The lowest BCUT2D eigenvalue weighted by Gasteiger charge is -2.32. The zero-order valence-electron chi connectivity index (χ0n) is 14.3. The van der Waals surface area contributed by atoms with Gasteiger partial charge in [0.25, 0.3) is 0 Å². The number of allylic oxidation sites excluding steroid dienone is 3. The maximum absolute atomic E-state index is 4.89. The van der Waals surface area contributed by atoms with Gasteiger partial charge in [0, 0.05) is 23.8 Å². The third kappa shape index (κ3) is 3.92. The Hall–Kier alpha value is -1.75. The maximum Gasteiger partial charge on any atom is 0.0816 e. The molecule has 1 saturated carbocycles. The second-order valence-electron chi connectivity index (χ2n) is 7.06. The van der Waals surface area contributed by atoms with Crippen LogP contribution in [-0.2, 0) is 0 Å². The van der Waals surface area contributed by atoms with Crippen molar-refractivity contribution in [2.75, 3.05) is 6.54 Å². The molecule has 1 fully saturated rings. The summed E-state index contributed by atoms with van der Waals surface area (Å²) in [6, 6.07) is 3.93. The summed E-state index contributed by atoms with van der Waals surface area (Å²) in [5.74, 6) is 0.981. The van der Waals surface area contributed by atoms with Crippen LogP contribution in [0, 0.1) is 11.8 Å². The van der Waals surface area contributed by atoms with Gasteiger partial charge in [-0.1, -0.05) is 32.1 Å². The Morgan fingerprint density at radius 2 is 2.12 bits per heavy atom. The second-order valence-corrected chi connectivity index (χ2v) is 7.91. The fourth-order valence-electron chi connectivity index (χ4n) is 3.93. The molecule has 1 aliphatic carbocycles. The molecule has 4 rings (SSSR count). The molecule has 0 saturated heterocycles. The molecule has 1 aromatic rings. The van der Waals surface area contributed by atoms with Crippen LogP contribution in [-0.4, -0.2) is 23.5 Å². The van der Waals surface area contributed by atoms with Crippen molar-refractivity contribution >= 4 is 33.5 Å². The van der Waals surface area contributed by atoms with Gasteiger partial charge in [0.15, 0.2) is 0 Å². The highest BCUT2D eigenvalue weighted by Crippen LogP contribution is 2.33. The van der Waals surface area contributed by atoms with Gasteiger partial charge in [-0.25, -0.2) is 0 Å². The van der Waals surface area contributed by atoms with Gasteiger partial charge in [0.05, 0.1) is 34.5 Å². The molecule has 1 unspecified atom stereocenters. The number of halogens is 1. The van der Waals surface area contributed by atoms with Crippen LogP contribution < -0.4 is 5.32 Å². The Morgan fingerprint density at radius 3 is 2.92 bits per heavy atom. The van der Waals surface area contributed by atoms with E-state index >= 15 is 0 Å². The highest BCUT2D eigenvalue weighted by atomic mass is 79.9. The van der Waals surface area contributed by atoms with Crippen molar-refractivity contribution < 1.29 is 0 Å². The molecule has 130 valence electrons. The van der Waals surface area contributed by atoms with Crippen LogP contribution in [0.1, 0.15) is 38.5 Å². The van der Waals surface area contributed by atoms with Crippen molar-refractivity contribution in [3.8, 4) is 0 Å². The SMILES string of the molecule is BrC1=C2NC(CC3CCCCC3)=CC(=Nc3cccnc3)C2CN=C1. The molecule has 2 aliphatic heterocycles. The minimum Gasteiger partial charge on any atom is -0.361 e. The van der Waals surface area contributed by atoms with Crippen molar-refractivity contribution in [2.45, 2.75) is 38.5 Å². The molecule has 25 heavy (non-hydrogen) atoms. The van der Waals surface area contributed by atoms with Crippen molar-refractivity contribution in [3.63, 3.8) is 0 Å². The van der Waals surface area contributed by atoms with Crippen LogP contribution >= 0.6 is 15.9 Å². The van der Waals surface area contributed by atoms with E-state index in [0.29, 0.717) is 0 Å². The number of nitrogens with one attached hydrogen (secondary N) is 1. The van der Waals surface area contributed by atoms with Crippen molar-refractivity contribution in [1.82, 2.24) is 10.3 Å². The number of aromatic nitrogens is 1. The van der Waals surface area contributed by atoms with Gasteiger partial charge < -0.3 is 5.32 Å². The van der Waals surface area contributed by atoms with Crippen LogP contribution in [0.3, 0.4) is 0 Å². The van der Waals surface area contributed by atoms with Gasteiger partial charge >= 0.3 is 0 Å². The number of rotatable bonds is 3. The molecule has 3 aliphatic rings. The summed E-state index contributed by atoms with van der Waals surface area (Å²) in [6.07, 6.45) is 15.7. The first kappa shape index (κ1) is 16.7. The zero-order chi connectivity index (χ0) is 17.1. The Labute approximate surface area is 157 Å². The molecule has 0 aromatic carbocycles. The van der Waals surface area contributed by atoms with E-state index in [-0.39, 0.29) is 5.92 Å². The van der Waals surface area contributed by atoms with Crippen LogP contribution in [0.25, 0.3) is 0 Å². The number of hydrogen-bond donors (Lipinski definition) is 1. The predicted molar refractivity (Wildman–Crippen MR) is 107 cm³/mol. The van der Waals surface area contributed by atoms with Gasteiger partial charge in [0.2, 0.25) is 0 Å². The number of dihydropyridines is 1. The van der Waals surface area contributed by atoms with Gasteiger partial charge in [-0.3, -0.25) is 15.0 Å².